The lowest BCUT2D eigenvalue weighted by Crippen LogP contribution is -2.36. The number of rotatable bonds is 11. The maximum absolute atomic E-state index is 12.7. The number of ether oxygens (including phenoxy) is 1. The van der Waals surface area contributed by atoms with Gasteiger partial charge in [0.15, 0.2) is 0 Å². The van der Waals surface area contributed by atoms with Gasteiger partial charge in [-0.15, -0.1) is 0 Å². The van der Waals surface area contributed by atoms with Crippen molar-refractivity contribution in [2.45, 2.75) is 39.0 Å². The molecule has 2 N–H and O–H groups in total. The van der Waals surface area contributed by atoms with Crippen LogP contribution in [0.2, 0.25) is 0 Å². The van der Waals surface area contributed by atoms with Gasteiger partial charge in [0.05, 0.1) is 30.6 Å². The zero-order chi connectivity index (χ0) is 31.3. The second-order valence-electron chi connectivity index (χ2n) is 12.1. The number of hydrogen-bond donors (Lipinski definition) is 2. The predicted octanol–water partition coefficient (Wildman–Crippen LogP) is 6.23. The van der Waals surface area contributed by atoms with Gasteiger partial charge in [-0.2, -0.15) is 0 Å². The molecule has 4 aromatic rings. The second kappa shape index (κ2) is 14.4. The van der Waals surface area contributed by atoms with E-state index in [2.05, 4.69) is 108 Å². The predicted molar refractivity (Wildman–Crippen MR) is 186 cm³/mol. The first-order valence-electron chi connectivity index (χ1n) is 15.5. The van der Waals surface area contributed by atoms with Crippen molar-refractivity contribution in [3.8, 4) is 11.3 Å². The molecule has 1 unspecified atom stereocenters. The van der Waals surface area contributed by atoms with E-state index in [0.29, 0.717) is 13.2 Å². The minimum Gasteiger partial charge on any atom is -0.378 e. The third kappa shape index (κ3) is 7.93. The number of aromatic amines is 1. The standard InChI is InChI=1S/C35H42N6O2S2/c1-24-8-10-28(36-23-24)29(12-13-40(4)15-14-39(2)3)37-25-9-11-31-33(20-25)44-32-7-5-6-27(35(32)45-31)30-21-26(22-34(42)38-30)41-16-18-43-19-17-41/h5-11,20-23,29,37H,12-19H2,1-4H3,(H,38,42). The molecule has 4 heterocycles. The van der Waals surface area contributed by atoms with Gasteiger partial charge < -0.3 is 29.7 Å². The fraction of sp³-hybridized carbons (Fsp3) is 0.371. The number of benzene rings is 2. The Labute approximate surface area is 274 Å². The molecule has 0 saturated carbocycles. The van der Waals surface area contributed by atoms with Crippen LogP contribution in [-0.2, 0) is 4.74 Å². The SMILES string of the molecule is Cc1ccc(C(CCN(C)CCN(C)C)Nc2ccc3c(c2)Sc2cccc(-c4cc(N5CCOCC5)cc(=O)[nH]4)c2S3)nc1. The van der Waals surface area contributed by atoms with E-state index in [1.165, 1.54) is 19.6 Å². The Morgan fingerprint density at radius 2 is 1.80 bits per heavy atom. The molecule has 45 heavy (non-hydrogen) atoms. The molecule has 2 aromatic carbocycles. The molecule has 0 bridgehead atoms. The van der Waals surface area contributed by atoms with Crippen molar-refractivity contribution in [3.05, 3.63) is 88.5 Å². The number of pyridine rings is 2. The zero-order valence-electron chi connectivity index (χ0n) is 26.5. The highest BCUT2D eigenvalue weighted by molar-refractivity contribution is 8.05. The summed E-state index contributed by atoms with van der Waals surface area (Å²) in [6, 6.07) is 21.2. The van der Waals surface area contributed by atoms with Gasteiger partial charge in [-0.25, -0.2) is 0 Å². The highest BCUT2D eigenvalue weighted by Crippen LogP contribution is 2.52. The molecule has 0 amide bonds. The lowest BCUT2D eigenvalue weighted by molar-refractivity contribution is 0.122. The highest BCUT2D eigenvalue weighted by Gasteiger charge is 2.23. The number of nitrogens with one attached hydrogen (secondary N) is 2. The smallest absolute Gasteiger partial charge is 0.250 e. The molecule has 2 aromatic heterocycles. The minimum absolute atomic E-state index is 0.0855. The number of nitrogens with zero attached hydrogens (tertiary/aromatic N) is 4. The summed E-state index contributed by atoms with van der Waals surface area (Å²) in [4.78, 5) is 32.3. The van der Waals surface area contributed by atoms with Crippen molar-refractivity contribution in [1.82, 2.24) is 19.8 Å². The lowest BCUT2D eigenvalue weighted by Gasteiger charge is -2.29. The molecule has 10 heteroatoms. The molecular weight excluding hydrogens is 601 g/mol. The number of anilines is 2. The van der Waals surface area contributed by atoms with Crippen LogP contribution in [0.5, 0.6) is 0 Å². The molecule has 8 nitrogen and oxygen atoms in total. The number of H-pyrrole nitrogens is 1. The Hall–Kier alpha value is -3.28. The summed E-state index contributed by atoms with van der Waals surface area (Å²) in [6.07, 6.45) is 2.91. The summed E-state index contributed by atoms with van der Waals surface area (Å²) in [6.45, 7) is 8.06. The summed E-state index contributed by atoms with van der Waals surface area (Å²) in [5.74, 6) is 0. The third-order valence-electron chi connectivity index (χ3n) is 8.21. The summed E-state index contributed by atoms with van der Waals surface area (Å²) in [5, 5.41) is 3.81. The number of hydrogen-bond acceptors (Lipinski definition) is 9. The normalized spacial score (nSPS) is 15.2. The zero-order valence-corrected chi connectivity index (χ0v) is 28.1. The molecule has 2 aliphatic heterocycles. The van der Waals surface area contributed by atoms with Gasteiger partial charge >= 0.3 is 0 Å². The fourth-order valence-electron chi connectivity index (χ4n) is 5.59. The molecule has 2 aliphatic rings. The second-order valence-corrected chi connectivity index (χ2v) is 14.2. The summed E-state index contributed by atoms with van der Waals surface area (Å²) >= 11 is 3.56. The van der Waals surface area contributed by atoms with Gasteiger partial charge in [-0.05, 0) is 76.4 Å². The maximum Gasteiger partial charge on any atom is 0.250 e. The number of fused-ring (bicyclic) bond motifs is 2. The summed E-state index contributed by atoms with van der Waals surface area (Å²) in [5.41, 5.74) is 6.07. The van der Waals surface area contributed by atoms with Crippen molar-refractivity contribution in [3.63, 3.8) is 0 Å². The number of morpholine rings is 1. The van der Waals surface area contributed by atoms with Crippen LogP contribution in [-0.4, -0.2) is 86.8 Å². The molecule has 6 rings (SSSR count). The van der Waals surface area contributed by atoms with E-state index in [1.807, 2.05) is 6.20 Å². The molecule has 0 aliphatic carbocycles. The van der Waals surface area contributed by atoms with Crippen molar-refractivity contribution in [2.24, 2.45) is 0 Å². The first-order chi connectivity index (χ1) is 21.8. The Kier molecular flexibility index (Phi) is 10.2. The van der Waals surface area contributed by atoms with Crippen LogP contribution in [0.3, 0.4) is 0 Å². The van der Waals surface area contributed by atoms with Crippen LogP contribution in [0.15, 0.2) is 91.2 Å². The van der Waals surface area contributed by atoms with Gasteiger partial charge in [0.2, 0.25) is 5.56 Å². The van der Waals surface area contributed by atoms with E-state index in [0.717, 1.165) is 73.0 Å². The van der Waals surface area contributed by atoms with E-state index in [9.17, 15) is 4.79 Å². The van der Waals surface area contributed by atoms with Gasteiger partial charge in [0.1, 0.15) is 0 Å². The van der Waals surface area contributed by atoms with E-state index < -0.39 is 0 Å². The van der Waals surface area contributed by atoms with Crippen LogP contribution >= 0.6 is 23.5 Å². The molecule has 1 atom stereocenters. The molecule has 236 valence electrons. The molecule has 1 fully saturated rings. The van der Waals surface area contributed by atoms with E-state index in [1.54, 1.807) is 29.6 Å². The third-order valence-corrected chi connectivity index (χ3v) is 10.8. The summed E-state index contributed by atoms with van der Waals surface area (Å²) in [7, 11) is 6.42. The van der Waals surface area contributed by atoms with E-state index in [4.69, 9.17) is 9.72 Å². The largest absolute Gasteiger partial charge is 0.378 e. The van der Waals surface area contributed by atoms with E-state index in [-0.39, 0.29) is 11.6 Å². The monoisotopic (exact) mass is 642 g/mol. The van der Waals surface area contributed by atoms with Crippen LogP contribution in [0.1, 0.15) is 23.7 Å². The van der Waals surface area contributed by atoms with Gasteiger partial charge in [0.25, 0.3) is 0 Å². The first-order valence-corrected chi connectivity index (χ1v) is 17.2. The molecular formula is C35H42N6O2S2. The Balaban J connectivity index is 1.22. The van der Waals surface area contributed by atoms with E-state index >= 15 is 0 Å². The van der Waals surface area contributed by atoms with Crippen LogP contribution < -0.4 is 15.8 Å². The number of aromatic nitrogens is 2. The summed E-state index contributed by atoms with van der Waals surface area (Å²) < 4.78 is 5.52. The van der Waals surface area contributed by atoms with Crippen molar-refractivity contribution >= 4 is 34.9 Å². The van der Waals surface area contributed by atoms with Gasteiger partial charge in [-0.1, -0.05) is 41.7 Å². The molecule has 0 radical (unpaired) electrons. The fourth-order valence-corrected chi connectivity index (χ4v) is 8.01. The van der Waals surface area contributed by atoms with Gasteiger partial charge in [-0.3, -0.25) is 9.78 Å². The molecule has 0 spiro atoms. The minimum atomic E-state index is -0.0855. The number of aryl methyl sites for hydroxylation is 1. The number of likely N-dealkylation sites (N-methyl/N-ethyl adjacent to an activating group) is 2. The highest BCUT2D eigenvalue weighted by atomic mass is 32.2. The average Bonchev–Trinajstić information content (AvgIpc) is 3.05. The lowest BCUT2D eigenvalue weighted by atomic mass is 10.1. The van der Waals surface area contributed by atoms with Crippen LogP contribution in [0.4, 0.5) is 11.4 Å². The van der Waals surface area contributed by atoms with Crippen molar-refractivity contribution in [2.75, 3.05) is 77.3 Å². The van der Waals surface area contributed by atoms with Crippen LogP contribution in [0, 0.1) is 6.92 Å². The Morgan fingerprint density at radius 1 is 0.956 bits per heavy atom. The average molecular weight is 643 g/mol. The molecule has 1 saturated heterocycles. The topological polar surface area (TPSA) is 76.7 Å². The first kappa shape index (κ1) is 31.7. The van der Waals surface area contributed by atoms with Crippen LogP contribution in [0.25, 0.3) is 11.3 Å². The Bertz CT molecular complexity index is 1670. The maximum atomic E-state index is 12.7. The quantitative estimate of drug-likeness (QED) is 0.174. The van der Waals surface area contributed by atoms with Gasteiger partial charge in [0, 0.05) is 81.5 Å². The van der Waals surface area contributed by atoms with Crippen molar-refractivity contribution in [1.29, 1.82) is 0 Å². The Morgan fingerprint density at radius 3 is 2.58 bits per heavy atom. The van der Waals surface area contributed by atoms with Crippen molar-refractivity contribution < 1.29 is 4.74 Å².